The zero-order valence-electron chi connectivity index (χ0n) is 14.1. The number of aromatic amines is 1. The normalized spacial score (nSPS) is 10.6. The second kappa shape index (κ2) is 8.26. The molecule has 7 heteroatoms. The number of guanidine groups is 1. The molecule has 0 fully saturated rings. The number of hydrogen-bond acceptors (Lipinski definition) is 4. The molecule has 2 aromatic rings. The van der Waals surface area contributed by atoms with Crippen molar-refractivity contribution < 1.29 is 0 Å². The molecule has 0 aliphatic carbocycles. The maximum absolute atomic E-state index is 12.0. The largest absolute Gasteiger partial charge is 0.370 e. The van der Waals surface area contributed by atoms with Gasteiger partial charge in [0.15, 0.2) is 5.96 Å². The minimum atomic E-state index is -0.213. The van der Waals surface area contributed by atoms with Gasteiger partial charge in [-0.25, -0.2) is 0 Å². The van der Waals surface area contributed by atoms with E-state index in [4.69, 9.17) is 11.1 Å². The molecule has 0 spiro atoms. The lowest BCUT2D eigenvalue weighted by atomic mass is 10.0. The summed E-state index contributed by atoms with van der Waals surface area (Å²) >= 11 is 0. The van der Waals surface area contributed by atoms with E-state index in [-0.39, 0.29) is 11.5 Å². The molecular formula is C17H24N6O. The van der Waals surface area contributed by atoms with Crippen LogP contribution in [0.1, 0.15) is 23.4 Å². The van der Waals surface area contributed by atoms with Crippen LogP contribution in [0, 0.1) is 19.3 Å². The fourth-order valence-electron chi connectivity index (χ4n) is 2.41. The lowest BCUT2D eigenvalue weighted by Gasteiger charge is -2.10. The van der Waals surface area contributed by atoms with Crippen LogP contribution >= 0.6 is 0 Å². The third kappa shape index (κ3) is 4.92. The van der Waals surface area contributed by atoms with Crippen LogP contribution < -0.4 is 21.9 Å². The van der Waals surface area contributed by atoms with E-state index in [9.17, 15) is 4.79 Å². The van der Waals surface area contributed by atoms with Crippen molar-refractivity contribution in [1.82, 2.24) is 20.6 Å². The predicted molar refractivity (Wildman–Crippen MR) is 96.0 cm³/mol. The standard InChI is InChI=1S/C17H24N6O/c1-11-8-13(15-10-22-12(2)23-16(15)24)4-5-14(11)9-20-6-3-7-21-17(18)19/h4-5,8,10,20H,3,6-7,9H2,1-2H3,(H4,18,19,21)(H,22,23,24). The summed E-state index contributed by atoms with van der Waals surface area (Å²) in [5, 5.41) is 13.2. The van der Waals surface area contributed by atoms with Gasteiger partial charge in [0.05, 0.1) is 5.56 Å². The highest BCUT2D eigenvalue weighted by atomic mass is 16.1. The summed E-state index contributed by atoms with van der Waals surface area (Å²) in [6.45, 7) is 6.08. The van der Waals surface area contributed by atoms with E-state index >= 15 is 0 Å². The maximum Gasteiger partial charge on any atom is 0.280 e. The average molecular weight is 328 g/mol. The van der Waals surface area contributed by atoms with Gasteiger partial charge in [0.25, 0.3) is 5.56 Å². The monoisotopic (exact) mass is 328 g/mol. The first-order valence-electron chi connectivity index (χ1n) is 7.92. The smallest absolute Gasteiger partial charge is 0.280 e. The first-order valence-corrected chi connectivity index (χ1v) is 7.92. The Labute approximate surface area is 141 Å². The van der Waals surface area contributed by atoms with Crippen molar-refractivity contribution in [2.24, 2.45) is 5.73 Å². The number of nitrogens with one attached hydrogen (secondary N) is 4. The van der Waals surface area contributed by atoms with Gasteiger partial charge in [-0.3, -0.25) is 10.2 Å². The summed E-state index contributed by atoms with van der Waals surface area (Å²) in [5.74, 6) is 0.613. The van der Waals surface area contributed by atoms with Gasteiger partial charge in [-0.1, -0.05) is 18.2 Å². The highest BCUT2D eigenvalue weighted by Gasteiger charge is 2.07. The van der Waals surface area contributed by atoms with Gasteiger partial charge in [-0.15, -0.1) is 0 Å². The second-order valence-electron chi connectivity index (χ2n) is 5.72. The third-order valence-electron chi connectivity index (χ3n) is 3.74. The van der Waals surface area contributed by atoms with E-state index in [1.165, 1.54) is 5.56 Å². The van der Waals surface area contributed by atoms with Crippen LogP contribution in [0.3, 0.4) is 0 Å². The number of hydrogen-bond donors (Lipinski definition) is 5. The Morgan fingerprint density at radius 3 is 2.79 bits per heavy atom. The predicted octanol–water partition coefficient (Wildman–Crippen LogP) is 1.02. The van der Waals surface area contributed by atoms with E-state index < -0.39 is 0 Å². The molecule has 1 aromatic carbocycles. The molecule has 0 amide bonds. The molecular weight excluding hydrogens is 304 g/mol. The highest BCUT2D eigenvalue weighted by Crippen LogP contribution is 2.19. The quantitative estimate of drug-likeness (QED) is 0.295. The second-order valence-corrected chi connectivity index (χ2v) is 5.72. The Kier molecular flexibility index (Phi) is 6.08. The molecule has 24 heavy (non-hydrogen) atoms. The van der Waals surface area contributed by atoms with Gasteiger partial charge in [-0.2, -0.15) is 4.98 Å². The Balaban J connectivity index is 1.95. The zero-order chi connectivity index (χ0) is 17.5. The molecule has 2 rings (SSSR count). The Morgan fingerprint density at radius 2 is 2.12 bits per heavy atom. The van der Waals surface area contributed by atoms with Crippen LogP contribution in [0.2, 0.25) is 0 Å². The molecule has 0 bridgehead atoms. The molecule has 0 radical (unpaired) electrons. The van der Waals surface area contributed by atoms with Crippen LogP contribution in [0.15, 0.2) is 29.2 Å². The number of aryl methyl sites for hydroxylation is 2. The van der Waals surface area contributed by atoms with Crippen molar-refractivity contribution >= 4 is 5.96 Å². The molecule has 0 aliphatic heterocycles. The summed E-state index contributed by atoms with van der Waals surface area (Å²) in [5.41, 5.74) is 8.78. The Morgan fingerprint density at radius 1 is 1.33 bits per heavy atom. The molecule has 0 saturated carbocycles. The van der Waals surface area contributed by atoms with Gasteiger partial charge in [-0.05, 0) is 43.5 Å². The molecule has 1 aromatic heterocycles. The minimum absolute atomic E-state index is 0.00187. The molecule has 0 unspecified atom stereocenters. The number of nitrogens with zero attached hydrogens (tertiary/aromatic N) is 1. The van der Waals surface area contributed by atoms with E-state index in [0.717, 1.165) is 30.6 Å². The van der Waals surface area contributed by atoms with Gasteiger partial charge in [0.2, 0.25) is 0 Å². The Bertz CT molecular complexity index is 768. The number of H-pyrrole nitrogens is 1. The number of benzene rings is 1. The van der Waals surface area contributed by atoms with Crippen molar-refractivity contribution in [2.45, 2.75) is 26.8 Å². The van der Waals surface area contributed by atoms with Gasteiger partial charge < -0.3 is 21.4 Å². The number of aromatic nitrogens is 2. The minimum Gasteiger partial charge on any atom is -0.370 e. The lowest BCUT2D eigenvalue weighted by molar-refractivity contribution is 0.637. The van der Waals surface area contributed by atoms with Gasteiger partial charge >= 0.3 is 0 Å². The van der Waals surface area contributed by atoms with Crippen LogP contribution in [-0.2, 0) is 6.54 Å². The van der Waals surface area contributed by atoms with Crippen molar-refractivity contribution in [3.63, 3.8) is 0 Å². The summed E-state index contributed by atoms with van der Waals surface area (Å²) in [4.78, 5) is 18.9. The average Bonchev–Trinajstić information content (AvgIpc) is 2.51. The van der Waals surface area contributed by atoms with Crippen molar-refractivity contribution in [1.29, 1.82) is 5.41 Å². The van der Waals surface area contributed by atoms with E-state index in [1.807, 2.05) is 25.1 Å². The van der Waals surface area contributed by atoms with E-state index in [0.29, 0.717) is 17.9 Å². The van der Waals surface area contributed by atoms with Crippen molar-refractivity contribution in [2.75, 3.05) is 13.1 Å². The van der Waals surface area contributed by atoms with Crippen LogP contribution in [0.4, 0.5) is 0 Å². The highest BCUT2D eigenvalue weighted by molar-refractivity contribution is 5.74. The SMILES string of the molecule is Cc1nc(=O)c(-c2ccc(CNCCCNC(=N)N)c(C)c2)c[nH]1. The summed E-state index contributed by atoms with van der Waals surface area (Å²) < 4.78 is 0. The summed E-state index contributed by atoms with van der Waals surface area (Å²) in [6.07, 6.45) is 2.60. The van der Waals surface area contributed by atoms with Gasteiger partial charge in [0.1, 0.15) is 5.82 Å². The Hall–Kier alpha value is -2.67. The third-order valence-corrected chi connectivity index (χ3v) is 3.74. The first-order chi connectivity index (χ1) is 11.5. The number of nitrogens with two attached hydrogens (primary N) is 1. The fraction of sp³-hybridized carbons (Fsp3) is 0.353. The van der Waals surface area contributed by atoms with Gasteiger partial charge in [0, 0.05) is 19.3 Å². The molecule has 0 aliphatic rings. The summed E-state index contributed by atoms with van der Waals surface area (Å²) in [7, 11) is 0. The van der Waals surface area contributed by atoms with Crippen LogP contribution in [0.5, 0.6) is 0 Å². The van der Waals surface area contributed by atoms with E-state index in [2.05, 4.69) is 20.6 Å². The van der Waals surface area contributed by atoms with Crippen molar-refractivity contribution in [3.05, 3.63) is 51.7 Å². The van der Waals surface area contributed by atoms with E-state index in [1.54, 1.807) is 13.1 Å². The molecule has 6 N–H and O–H groups in total. The summed E-state index contributed by atoms with van der Waals surface area (Å²) in [6, 6.07) is 5.99. The zero-order valence-corrected chi connectivity index (χ0v) is 14.1. The fourth-order valence-corrected chi connectivity index (χ4v) is 2.41. The van der Waals surface area contributed by atoms with Crippen molar-refractivity contribution in [3.8, 4) is 11.1 Å². The van der Waals surface area contributed by atoms with Crippen LogP contribution in [0.25, 0.3) is 11.1 Å². The molecule has 0 saturated heterocycles. The molecule has 128 valence electrons. The first kappa shape index (κ1) is 17.7. The van der Waals surface area contributed by atoms with Crippen LogP contribution in [-0.4, -0.2) is 29.0 Å². The molecule has 7 nitrogen and oxygen atoms in total. The number of rotatable bonds is 7. The molecule has 0 atom stereocenters. The maximum atomic E-state index is 12.0. The lowest BCUT2D eigenvalue weighted by Crippen LogP contribution is -2.32. The topological polar surface area (TPSA) is 120 Å². The molecule has 1 heterocycles.